The van der Waals surface area contributed by atoms with Gasteiger partial charge in [0.05, 0.1) is 16.7 Å². The lowest BCUT2D eigenvalue weighted by atomic mass is 9.96. The molecule has 1 amide bonds. The molecule has 0 aromatic heterocycles. The number of sulfone groups is 1. The number of rotatable bonds is 7. The van der Waals surface area contributed by atoms with E-state index in [1.807, 2.05) is 0 Å². The SMILES string of the molecule is C[C@@H](NC(=O)C1CCN(S(=O)(=O)Cc2ccccc2F)CC1)c1ccc(S(C)(=O)=O)cc1. The topological polar surface area (TPSA) is 101 Å². The lowest BCUT2D eigenvalue weighted by molar-refractivity contribution is -0.126. The highest BCUT2D eigenvalue weighted by molar-refractivity contribution is 7.90. The average molecular weight is 483 g/mol. The Kier molecular flexibility index (Phi) is 7.36. The van der Waals surface area contributed by atoms with Crippen molar-refractivity contribution in [2.45, 2.75) is 36.5 Å². The van der Waals surface area contributed by atoms with Gasteiger partial charge in [-0.15, -0.1) is 0 Å². The highest BCUT2D eigenvalue weighted by atomic mass is 32.2. The predicted octanol–water partition coefficient (Wildman–Crippen LogP) is 2.65. The fourth-order valence-electron chi connectivity index (χ4n) is 3.72. The van der Waals surface area contributed by atoms with Crippen molar-refractivity contribution in [3.8, 4) is 0 Å². The second kappa shape index (κ2) is 9.68. The number of sulfonamides is 1. The van der Waals surface area contributed by atoms with Crippen molar-refractivity contribution in [2.24, 2.45) is 5.92 Å². The predicted molar refractivity (Wildman–Crippen MR) is 119 cm³/mol. The molecule has 0 unspecified atom stereocenters. The molecule has 3 rings (SSSR count). The van der Waals surface area contributed by atoms with Crippen LogP contribution in [0.4, 0.5) is 4.39 Å². The number of piperidine rings is 1. The van der Waals surface area contributed by atoms with Crippen molar-refractivity contribution in [3.05, 3.63) is 65.5 Å². The summed E-state index contributed by atoms with van der Waals surface area (Å²) in [4.78, 5) is 12.9. The van der Waals surface area contributed by atoms with Gasteiger partial charge in [-0.1, -0.05) is 30.3 Å². The molecule has 2 aromatic carbocycles. The molecule has 0 saturated carbocycles. The minimum Gasteiger partial charge on any atom is -0.349 e. The summed E-state index contributed by atoms with van der Waals surface area (Å²) in [6.45, 7) is 2.21. The third-order valence-electron chi connectivity index (χ3n) is 5.68. The van der Waals surface area contributed by atoms with E-state index < -0.39 is 31.4 Å². The Hall–Kier alpha value is -2.30. The van der Waals surface area contributed by atoms with Gasteiger partial charge in [-0.25, -0.2) is 25.5 Å². The smallest absolute Gasteiger partial charge is 0.223 e. The molecule has 32 heavy (non-hydrogen) atoms. The number of hydrogen-bond acceptors (Lipinski definition) is 5. The van der Waals surface area contributed by atoms with E-state index in [2.05, 4.69) is 5.32 Å². The molecule has 1 fully saturated rings. The first-order valence-electron chi connectivity index (χ1n) is 10.3. The number of nitrogens with one attached hydrogen (secondary N) is 1. The van der Waals surface area contributed by atoms with Crippen LogP contribution in [0.15, 0.2) is 53.4 Å². The van der Waals surface area contributed by atoms with Gasteiger partial charge in [0, 0.05) is 30.8 Å². The van der Waals surface area contributed by atoms with E-state index in [1.165, 1.54) is 34.6 Å². The summed E-state index contributed by atoms with van der Waals surface area (Å²) in [7, 11) is -6.96. The highest BCUT2D eigenvalue weighted by Crippen LogP contribution is 2.24. The van der Waals surface area contributed by atoms with E-state index in [0.717, 1.165) is 11.8 Å². The molecule has 0 spiro atoms. The van der Waals surface area contributed by atoms with E-state index in [9.17, 15) is 26.0 Å². The molecular weight excluding hydrogens is 455 g/mol. The normalized spacial score (nSPS) is 17.1. The molecule has 0 radical (unpaired) electrons. The van der Waals surface area contributed by atoms with Crippen molar-refractivity contribution in [3.63, 3.8) is 0 Å². The fourth-order valence-corrected chi connectivity index (χ4v) is 5.93. The summed E-state index contributed by atoms with van der Waals surface area (Å²) >= 11 is 0. The van der Waals surface area contributed by atoms with Crippen molar-refractivity contribution >= 4 is 25.8 Å². The number of halogens is 1. The Bertz CT molecular complexity index is 1170. The maximum absolute atomic E-state index is 13.8. The first-order valence-corrected chi connectivity index (χ1v) is 13.8. The molecule has 1 N–H and O–H groups in total. The number of carbonyl (C=O) groups is 1. The van der Waals surface area contributed by atoms with E-state index in [0.29, 0.717) is 12.8 Å². The van der Waals surface area contributed by atoms with E-state index >= 15 is 0 Å². The Morgan fingerprint density at radius 3 is 2.22 bits per heavy atom. The van der Waals surface area contributed by atoms with Crippen LogP contribution in [0.1, 0.15) is 36.9 Å². The molecule has 174 valence electrons. The van der Waals surface area contributed by atoms with Crippen LogP contribution in [0.3, 0.4) is 0 Å². The second-order valence-electron chi connectivity index (χ2n) is 8.09. The van der Waals surface area contributed by atoms with Crippen molar-refractivity contribution in [1.82, 2.24) is 9.62 Å². The zero-order valence-electron chi connectivity index (χ0n) is 18.0. The maximum Gasteiger partial charge on any atom is 0.223 e. The lowest BCUT2D eigenvalue weighted by Gasteiger charge is -2.31. The van der Waals surface area contributed by atoms with Gasteiger partial charge >= 0.3 is 0 Å². The Morgan fingerprint density at radius 2 is 1.66 bits per heavy atom. The van der Waals surface area contributed by atoms with Gasteiger partial charge in [-0.05, 0) is 43.5 Å². The van der Waals surface area contributed by atoms with Gasteiger partial charge in [-0.2, -0.15) is 0 Å². The Balaban J connectivity index is 1.55. The van der Waals surface area contributed by atoms with E-state index in [1.54, 1.807) is 25.1 Å². The van der Waals surface area contributed by atoms with Gasteiger partial charge in [0.15, 0.2) is 9.84 Å². The third kappa shape index (κ3) is 5.93. The molecule has 0 aliphatic carbocycles. The molecule has 7 nitrogen and oxygen atoms in total. The molecule has 1 aliphatic rings. The van der Waals surface area contributed by atoms with Crippen LogP contribution in [0, 0.1) is 11.7 Å². The molecule has 1 saturated heterocycles. The second-order valence-corrected chi connectivity index (χ2v) is 12.1. The van der Waals surface area contributed by atoms with Crippen molar-refractivity contribution in [1.29, 1.82) is 0 Å². The quantitative estimate of drug-likeness (QED) is 0.654. The first kappa shape index (κ1) is 24.3. The van der Waals surface area contributed by atoms with Gasteiger partial charge in [-0.3, -0.25) is 4.79 Å². The molecule has 1 aliphatic heterocycles. The number of benzene rings is 2. The number of carbonyl (C=O) groups excluding carboxylic acids is 1. The first-order chi connectivity index (χ1) is 15.0. The van der Waals surface area contributed by atoms with Crippen LogP contribution >= 0.6 is 0 Å². The monoisotopic (exact) mass is 482 g/mol. The fraction of sp³-hybridized carbons (Fsp3) is 0.409. The van der Waals surface area contributed by atoms with E-state index in [-0.39, 0.29) is 41.4 Å². The third-order valence-corrected chi connectivity index (χ3v) is 8.64. The summed E-state index contributed by atoms with van der Waals surface area (Å²) < 4.78 is 63.6. The van der Waals surface area contributed by atoms with Crippen molar-refractivity contribution in [2.75, 3.05) is 19.3 Å². The summed E-state index contributed by atoms with van der Waals surface area (Å²) in [5.74, 6) is -1.45. The summed E-state index contributed by atoms with van der Waals surface area (Å²) in [5.41, 5.74) is 0.902. The van der Waals surface area contributed by atoms with Crippen LogP contribution in [-0.4, -0.2) is 46.4 Å². The largest absolute Gasteiger partial charge is 0.349 e. The molecule has 1 heterocycles. The minimum absolute atomic E-state index is 0.128. The van der Waals surface area contributed by atoms with Gasteiger partial charge in [0.1, 0.15) is 5.82 Å². The van der Waals surface area contributed by atoms with Gasteiger partial charge in [0.25, 0.3) is 0 Å². The van der Waals surface area contributed by atoms with Gasteiger partial charge in [0.2, 0.25) is 15.9 Å². The van der Waals surface area contributed by atoms with Crippen molar-refractivity contribution < 1.29 is 26.0 Å². The zero-order valence-corrected chi connectivity index (χ0v) is 19.6. The average Bonchev–Trinajstić information content (AvgIpc) is 2.75. The molecule has 10 heteroatoms. The minimum atomic E-state index is -3.68. The summed E-state index contributed by atoms with van der Waals surface area (Å²) in [6, 6.07) is 11.8. The lowest BCUT2D eigenvalue weighted by Crippen LogP contribution is -2.43. The maximum atomic E-state index is 13.8. The number of nitrogens with zero attached hydrogens (tertiary/aromatic N) is 1. The zero-order chi connectivity index (χ0) is 23.5. The molecule has 0 bridgehead atoms. The number of amides is 1. The standard InChI is InChI=1S/C22H27FN2O5S2/c1-16(17-7-9-20(10-8-17)31(2,27)28)24-22(26)18-11-13-25(14-12-18)32(29,30)15-19-5-3-4-6-21(19)23/h3-10,16,18H,11-15H2,1-2H3,(H,24,26)/t16-/m1/s1. The van der Waals surface area contributed by atoms with Gasteiger partial charge < -0.3 is 5.32 Å². The summed E-state index contributed by atoms with van der Waals surface area (Å²) in [5, 5.41) is 2.92. The molecule has 1 atom stereocenters. The van der Waals surface area contributed by atoms with E-state index in [4.69, 9.17) is 0 Å². The van der Waals surface area contributed by atoms with Crippen LogP contribution in [0.2, 0.25) is 0 Å². The molecular formula is C22H27FN2O5S2. The summed E-state index contributed by atoms with van der Waals surface area (Å²) in [6.07, 6.45) is 1.89. The highest BCUT2D eigenvalue weighted by Gasteiger charge is 2.32. The molecule has 2 aromatic rings. The Morgan fingerprint density at radius 1 is 1.06 bits per heavy atom. The van der Waals surface area contributed by atoms with Crippen LogP contribution < -0.4 is 5.32 Å². The Labute approximate surface area is 188 Å². The van der Waals surface area contributed by atoms with Crippen LogP contribution in [0.25, 0.3) is 0 Å². The number of hydrogen-bond donors (Lipinski definition) is 1. The van der Waals surface area contributed by atoms with Crippen LogP contribution in [-0.2, 0) is 30.4 Å². The van der Waals surface area contributed by atoms with Crippen LogP contribution in [0.5, 0.6) is 0 Å².